The van der Waals surface area contributed by atoms with Crippen molar-refractivity contribution >= 4 is 5.97 Å². The number of rotatable bonds is 13. The van der Waals surface area contributed by atoms with Crippen LogP contribution in [0.3, 0.4) is 0 Å². The molecule has 1 aromatic carbocycles. The summed E-state index contributed by atoms with van der Waals surface area (Å²) < 4.78 is 10.9. The topological polar surface area (TPSA) is 35.5 Å². The molecule has 0 fully saturated rings. The van der Waals surface area contributed by atoms with Gasteiger partial charge in [0.25, 0.3) is 0 Å². The Bertz CT molecular complexity index is 429. The highest BCUT2D eigenvalue weighted by Gasteiger charge is 2.04. The van der Waals surface area contributed by atoms with E-state index in [-0.39, 0.29) is 5.97 Å². The Morgan fingerprint density at radius 1 is 0.957 bits per heavy atom. The number of hydrogen-bond acceptors (Lipinski definition) is 3. The number of hydrogen-bond donors (Lipinski definition) is 0. The second-order valence-electron chi connectivity index (χ2n) is 5.98. The van der Waals surface area contributed by atoms with Crippen LogP contribution in [0.5, 0.6) is 5.75 Å². The molecule has 0 N–H and O–H groups in total. The molecule has 0 amide bonds. The minimum Gasteiger partial charge on any atom is -0.494 e. The van der Waals surface area contributed by atoms with Gasteiger partial charge in [0.15, 0.2) is 0 Å². The van der Waals surface area contributed by atoms with Crippen LogP contribution in [0.15, 0.2) is 24.3 Å². The first-order valence-corrected chi connectivity index (χ1v) is 9.13. The number of ether oxygens (including phenoxy) is 2. The monoisotopic (exact) mass is 320 g/mol. The summed E-state index contributed by atoms with van der Waals surface area (Å²) in [6, 6.07) is 7.97. The molecule has 0 radical (unpaired) electrons. The van der Waals surface area contributed by atoms with Gasteiger partial charge in [0.05, 0.1) is 13.2 Å². The molecule has 1 rings (SSSR count). The number of carbonyl (C=O) groups is 1. The van der Waals surface area contributed by atoms with Crippen LogP contribution in [0.4, 0.5) is 0 Å². The molecule has 0 heterocycles. The molecule has 3 nitrogen and oxygen atoms in total. The van der Waals surface area contributed by atoms with Crippen molar-refractivity contribution in [3.05, 3.63) is 29.8 Å². The number of carbonyl (C=O) groups excluding carboxylic acids is 1. The molecule has 23 heavy (non-hydrogen) atoms. The van der Waals surface area contributed by atoms with Gasteiger partial charge >= 0.3 is 5.97 Å². The third-order valence-electron chi connectivity index (χ3n) is 3.75. The molecule has 0 unspecified atom stereocenters. The van der Waals surface area contributed by atoms with Crippen LogP contribution in [0.2, 0.25) is 0 Å². The Balaban J connectivity index is 2.13. The van der Waals surface area contributed by atoms with Gasteiger partial charge in [-0.25, -0.2) is 0 Å². The second-order valence-corrected chi connectivity index (χ2v) is 5.98. The summed E-state index contributed by atoms with van der Waals surface area (Å²) in [6.45, 7) is 5.59. The van der Waals surface area contributed by atoms with Crippen molar-refractivity contribution in [1.29, 1.82) is 0 Å². The largest absolute Gasteiger partial charge is 0.494 e. The lowest BCUT2D eigenvalue weighted by atomic mass is 10.1. The van der Waals surface area contributed by atoms with E-state index >= 15 is 0 Å². The van der Waals surface area contributed by atoms with Crippen molar-refractivity contribution in [1.82, 2.24) is 0 Å². The predicted molar refractivity (Wildman–Crippen MR) is 94.9 cm³/mol. The molecule has 0 aliphatic carbocycles. The van der Waals surface area contributed by atoms with Crippen molar-refractivity contribution < 1.29 is 14.3 Å². The molecule has 0 saturated heterocycles. The van der Waals surface area contributed by atoms with E-state index < -0.39 is 0 Å². The van der Waals surface area contributed by atoms with E-state index in [1.807, 2.05) is 24.3 Å². The van der Waals surface area contributed by atoms with Gasteiger partial charge in [-0.3, -0.25) is 4.79 Å². The van der Waals surface area contributed by atoms with Gasteiger partial charge in [-0.05, 0) is 37.0 Å². The molecule has 0 saturated carbocycles. The summed E-state index contributed by atoms with van der Waals surface area (Å²) in [5.41, 5.74) is 1.12. The molecular weight excluding hydrogens is 288 g/mol. The van der Waals surface area contributed by atoms with E-state index in [2.05, 4.69) is 13.8 Å². The molecule has 0 aliphatic rings. The summed E-state index contributed by atoms with van der Waals surface area (Å²) in [5.74, 6) is 0.781. The van der Waals surface area contributed by atoms with Crippen molar-refractivity contribution in [2.45, 2.75) is 71.6 Å². The number of unbranched alkanes of at least 4 members (excludes halogenated alkanes) is 5. The predicted octanol–water partition coefficient (Wildman–Crippen LogP) is 5.31. The van der Waals surface area contributed by atoms with Crippen LogP contribution in [0, 0.1) is 0 Å². The van der Waals surface area contributed by atoms with Crippen molar-refractivity contribution in [2.75, 3.05) is 13.2 Å². The highest BCUT2D eigenvalue weighted by molar-refractivity contribution is 5.69. The molecule has 130 valence electrons. The quantitative estimate of drug-likeness (QED) is 0.365. The SMILES string of the molecule is CCCCCCCCOC(=O)CCc1cccc(OCCC)c1. The molecule has 0 atom stereocenters. The van der Waals surface area contributed by atoms with Gasteiger partial charge in [0.1, 0.15) is 5.75 Å². The normalized spacial score (nSPS) is 10.5. The highest BCUT2D eigenvalue weighted by Crippen LogP contribution is 2.15. The molecule has 1 aromatic rings. The summed E-state index contributed by atoms with van der Waals surface area (Å²) >= 11 is 0. The molecule has 0 aliphatic heterocycles. The molecule has 0 bridgehead atoms. The summed E-state index contributed by atoms with van der Waals surface area (Å²) in [6.07, 6.45) is 9.39. The van der Waals surface area contributed by atoms with E-state index in [0.29, 0.717) is 19.4 Å². The Kier molecular flexibility index (Phi) is 11.0. The lowest BCUT2D eigenvalue weighted by molar-refractivity contribution is -0.143. The third-order valence-corrected chi connectivity index (χ3v) is 3.75. The van der Waals surface area contributed by atoms with Crippen molar-refractivity contribution in [3.8, 4) is 5.75 Å². The van der Waals surface area contributed by atoms with E-state index in [0.717, 1.165) is 37.2 Å². The van der Waals surface area contributed by atoms with Crippen LogP contribution in [0.1, 0.15) is 70.8 Å². The van der Waals surface area contributed by atoms with Gasteiger partial charge in [0, 0.05) is 6.42 Å². The van der Waals surface area contributed by atoms with Gasteiger partial charge < -0.3 is 9.47 Å². The van der Waals surface area contributed by atoms with E-state index in [1.165, 1.54) is 25.7 Å². The summed E-state index contributed by atoms with van der Waals surface area (Å²) in [5, 5.41) is 0. The van der Waals surface area contributed by atoms with Gasteiger partial charge in [-0.1, -0.05) is 58.1 Å². The van der Waals surface area contributed by atoms with Crippen LogP contribution < -0.4 is 4.74 Å². The molecule has 0 spiro atoms. The average Bonchev–Trinajstić information content (AvgIpc) is 2.57. The first-order valence-electron chi connectivity index (χ1n) is 9.13. The Labute approximate surface area is 141 Å². The second kappa shape index (κ2) is 13.0. The van der Waals surface area contributed by atoms with Gasteiger partial charge in [-0.15, -0.1) is 0 Å². The van der Waals surface area contributed by atoms with Crippen molar-refractivity contribution in [2.24, 2.45) is 0 Å². The minimum atomic E-state index is -0.0987. The maximum atomic E-state index is 11.8. The van der Waals surface area contributed by atoms with Crippen LogP contribution in [-0.2, 0) is 16.0 Å². The maximum absolute atomic E-state index is 11.8. The van der Waals surface area contributed by atoms with Crippen LogP contribution in [-0.4, -0.2) is 19.2 Å². The standard InChI is InChI=1S/C20H32O3/c1-3-5-6-7-8-9-16-23-20(21)14-13-18-11-10-12-19(17-18)22-15-4-2/h10-12,17H,3-9,13-16H2,1-2H3. The Hall–Kier alpha value is -1.51. The van der Waals surface area contributed by atoms with Gasteiger partial charge in [0.2, 0.25) is 0 Å². The minimum absolute atomic E-state index is 0.0987. The summed E-state index contributed by atoms with van der Waals surface area (Å²) in [4.78, 5) is 11.8. The average molecular weight is 320 g/mol. The fourth-order valence-corrected chi connectivity index (χ4v) is 2.40. The van der Waals surface area contributed by atoms with Crippen molar-refractivity contribution in [3.63, 3.8) is 0 Å². The third kappa shape index (κ3) is 9.98. The fourth-order valence-electron chi connectivity index (χ4n) is 2.40. The van der Waals surface area contributed by atoms with E-state index in [9.17, 15) is 4.79 Å². The first-order chi connectivity index (χ1) is 11.3. The van der Waals surface area contributed by atoms with E-state index in [1.54, 1.807) is 0 Å². The lowest BCUT2D eigenvalue weighted by Crippen LogP contribution is -2.07. The number of esters is 1. The molecule has 3 heteroatoms. The first kappa shape index (κ1) is 19.5. The maximum Gasteiger partial charge on any atom is 0.306 e. The Morgan fingerprint density at radius 2 is 1.74 bits per heavy atom. The zero-order valence-corrected chi connectivity index (χ0v) is 14.8. The number of benzene rings is 1. The van der Waals surface area contributed by atoms with E-state index in [4.69, 9.17) is 9.47 Å². The molecule has 0 aromatic heterocycles. The Morgan fingerprint density at radius 3 is 2.52 bits per heavy atom. The zero-order valence-electron chi connectivity index (χ0n) is 14.8. The molecular formula is C20H32O3. The zero-order chi connectivity index (χ0) is 16.8. The highest BCUT2D eigenvalue weighted by atomic mass is 16.5. The summed E-state index contributed by atoms with van der Waals surface area (Å²) in [7, 11) is 0. The lowest BCUT2D eigenvalue weighted by Gasteiger charge is -2.07. The van der Waals surface area contributed by atoms with Crippen LogP contribution >= 0.6 is 0 Å². The fraction of sp³-hybridized carbons (Fsp3) is 0.650. The number of aryl methyl sites for hydroxylation is 1. The van der Waals surface area contributed by atoms with Crippen LogP contribution in [0.25, 0.3) is 0 Å². The van der Waals surface area contributed by atoms with Gasteiger partial charge in [-0.2, -0.15) is 0 Å². The smallest absolute Gasteiger partial charge is 0.306 e.